The minimum Gasteiger partial charge on any atom is -0.492 e. The molecule has 0 spiro atoms. The van der Waals surface area contributed by atoms with E-state index in [0.29, 0.717) is 12.5 Å². The van der Waals surface area contributed by atoms with Crippen LogP contribution in [0.1, 0.15) is 66.9 Å². The summed E-state index contributed by atoms with van der Waals surface area (Å²) in [4.78, 5) is 11.1. The van der Waals surface area contributed by atoms with Gasteiger partial charge in [0.1, 0.15) is 17.6 Å². The van der Waals surface area contributed by atoms with Crippen molar-refractivity contribution in [3.05, 3.63) is 82.9 Å². The van der Waals surface area contributed by atoms with Crippen molar-refractivity contribution >= 4 is 5.97 Å². The molecule has 0 fully saturated rings. The summed E-state index contributed by atoms with van der Waals surface area (Å²) in [6.07, 6.45) is 2.02. The van der Waals surface area contributed by atoms with Crippen molar-refractivity contribution in [3.8, 4) is 22.6 Å². The van der Waals surface area contributed by atoms with E-state index in [4.69, 9.17) is 14.6 Å². The van der Waals surface area contributed by atoms with Gasteiger partial charge < -0.3 is 14.6 Å². The summed E-state index contributed by atoms with van der Waals surface area (Å²) in [6, 6.07) is 21.0. The number of benzene rings is 3. The summed E-state index contributed by atoms with van der Waals surface area (Å²) >= 11 is 0. The molecule has 3 aromatic rings. The fourth-order valence-corrected chi connectivity index (χ4v) is 5.11. The molecule has 1 aliphatic carbocycles. The molecule has 164 valence electrons. The van der Waals surface area contributed by atoms with Crippen LogP contribution in [0, 0.1) is 0 Å². The molecule has 4 nitrogen and oxygen atoms in total. The Bertz CT molecular complexity index is 1160. The molecule has 1 heterocycles. The molecule has 0 amide bonds. The summed E-state index contributed by atoms with van der Waals surface area (Å²) in [7, 11) is 0. The Morgan fingerprint density at radius 2 is 1.88 bits per heavy atom. The molecule has 0 saturated heterocycles. The zero-order valence-electron chi connectivity index (χ0n) is 18.5. The van der Waals surface area contributed by atoms with Crippen LogP contribution in [0.2, 0.25) is 0 Å². The Hall–Kier alpha value is -3.27. The van der Waals surface area contributed by atoms with Crippen molar-refractivity contribution in [2.24, 2.45) is 0 Å². The molecular formula is C28H28O4. The van der Waals surface area contributed by atoms with Gasteiger partial charge in [-0.15, -0.1) is 0 Å². The quantitative estimate of drug-likeness (QED) is 0.487. The molecule has 0 radical (unpaired) electrons. The zero-order valence-corrected chi connectivity index (χ0v) is 18.5. The molecule has 32 heavy (non-hydrogen) atoms. The summed E-state index contributed by atoms with van der Waals surface area (Å²) < 4.78 is 12.2. The lowest BCUT2D eigenvalue weighted by Crippen LogP contribution is -2.07. The lowest BCUT2D eigenvalue weighted by Gasteiger charge is -2.18. The van der Waals surface area contributed by atoms with E-state index in [1.807, 2.05) is 18.2 Å². The largest absolute Gasteiger partial charge is 0.492 e. The average Bonchev–Trinajstić information content (AvgIpc) is 3.37. The summed E-state index contributed by atoms with van der Waals surface area (Å²) in [5.41, 5.74) is 7.59. The Balaban J connectivity index is 1.41. The van der Waals surface area contributed by atoms with Crippen LogP contribution < -0.4 is 9.47 Å². The van der Waals surface area contributed by atoms with E-state index >= 15 is 0 Å². The first-order valence-electron chi connectivity index (χ1n) is 11.4. The van der Waals surface area contributed by atoms with Gasteiger partial charge in [0, 0.05) is 17.5 Å². The van der Waals surface area contributed by atoms with Crippen LogP contribution in [-0.4, -0.2) is 17.7 Å². The van der Waals surface area contributed by atoms with Gasteiger partial charge in [0.05, 0.1) is 13.0 Å². The minimum atomic E-state index is -0.802. The van der Waals surface area contributed by atoms with Crippen molar-refractivity contribution in [1.29, 1.82) is 0 Å². The van der Waals surface area contributed by atoms with Crippen LogP contribution in [-0.2, 0) is 11.2 Å². The first kappa shape index (κ1) is 20.6. The van der Waals surface area contributed by atoms with Gasteiger partial charge in [0.2, 0.25) is 0 Å². The maximum Gasteiger partial charge on any atom is 0.304 e. The second-order valence-corrected chi connectivity index (χ2v) is 9.07. The van der Waals surface area contributed by atoms with Crippen molar-refractivity contribution < 1.29 is 19.4 Å². The number of fused-ring (bicyclic) bond motifs is 2. The summed E-state index contributed by atoms with van der Waals surface area (Å²) in [6.45, 7) is 4.89. The standard InChI is InChI=1S/C28H28O4/c1-17(2)20-6-3-4-7-22(20)23-8-5-9-25-24(23)12-13-26(25)32-19-10-11-21-18(14-28(29)30)16-31-27(21)15-19/h3-11,15,17-18,26H,12-14,16H2,1-2H3,(H,29,30). The molecule has 4 heteroatoms. The highest BCUT2D eigenvalue weighted by molar-refractivity contribution is 5.73. The molecule has 0 bridgehead atoms. The lowest BCUT2D eigenvalue weighted by molar-refractivity contribution is -0.137. The van der Waals surface area contributed by atoms with Crippen molar-refractivity contribution in [2.45, 2.75) is 51.0 Å². The highest BCUT2D eigenvalue weighted by Crippen LogP contribution is 2.43. The van der Waals surface area contributed by atoms with Crippen molar-refractivity contribution in [1.82, 2.24) is 0 Å². The van der Waals surface area contributed by atoms with Crippen molar-refractivity contribution in [3.63, 3.8) is 0 Å². The molecule has 1 aliphatic heterocycles. The normalized spacial score (nSPS) is 18.8. The summed E-state index contributed by atoms with van der Waals surface area (Å²) in [5.74, 6) is 1.08. The predicted octanol–water partition coefficient (Wildman–Crippen LogP) is 6.49. The van der Waals surface area contributed by atoms with Crippen molar-refractivity contribution in [2.75, 3.05) is 6.61 Å². The van der Waals surface area contributed by atoms with Crippen LogP contribution in [0.3, 0.4) is 0 Å². The van der Waals surface area contributed by atoms with Gasteiger partial charge in [-0.2, -0.15) is 0 Å². The second-order valence-electron chi connectivity index (χ2n) is 9.07. The Kier molecular flexibility index (Phi) is 5.38. The van der Waals surface area contributed by atoms with Gasteiger partial charge >= 0.3 is 5.97 Å². The SMILES string of the molecule is CC(C)c1ccccc1-c1cccc2c1CCC2Oc1ccc2c(c1)OCC2CC(=O)O. The van der Waals surface area contributed by atoms with Crippen LogP contribution in [0.4, 0.5) is 0 Å². The van der Waals surface area contributed by atoms with E-state index in [0.717, 1.165) is 29.9 Å². The Morgan fingerprint density at radius 1 is 1.06 bits per heavy atom. The highest BCUT2D eigenvalue weighted by Gasteiger charge is 2.29. The van der Waals surface area contributed by atoms with E-state index in [1.165, 1.54) is 27.8 Å². The third-order valence-electron chi connectivity index (χ3n) is 6.65. The van der Waals surface area contributed by atoms with Crippen LogP contribution in [0.15, 0.2) is 60.7 Å². The molecule has 0 aromatic heterocycles. The molecule has 2 aliphatic rings. The van der Waals surface area contributed by atoms with E-state index in [2.05, 4.69) is 56.3 Å². The molecule has 2 atom stereocenters. The molecule has 1 N–H and O–H groups in total. The number of hydrogen-bond donors (Lipinski definition) is 1. The molecule has 2 unspecified atom stereocenters. The van der Waals surface area contributed by atoms with E-state index in [1.54, 1.807) is 0 Å². The number of rotatable bonds is 6. The highest BCUT2D eigenvalue weighted by atomic mass is 16.5. The van der Waals surface area contributed by atoms with Crippen LogP contribution >= 0.6 is 0 Å². The van der Waals surface area contributed by atoms with E-state index in [-0.39, 0.29) is 18.4 Å². The third-order valence-corrected chi connectivity index (χ3v) is 6.65. The number of hydrogen-bond acceptors (Lipinski definition) is 3. The summed E-state index contributed by atoms with van der Waals surface area (Å²) in [5, 5.41) is 9.11. The number of ether oxygens (including phenoxy) is 2. The number of carboxylic acids is 1. The fraction of sp³-hybridized carbons (Fsp3) is 0.321. The van der Waals surface area contributed by atoms with Gasteiger partial charge in [0.25, 0.3) is 0 Å². The maximum absolute atomic E-state index is 11.1. The monoisotopic (exact) mass is 428 g/mol. The average molecular weight is 429 g/mol. The van der Waals surface area contributed by atoms with Gasteiger partial charge in [-0.3, -0.25) is 4.79 Å². The van der Waals surface area contributed by atoms with Gasteiger partial charge in [0.15, 0.2) is 0 Å². The second kappa shape index (κ2) is 8.34. The molecule has 0 saturated carbocycles. The van der Waals surface area contributed by atoms with Crippen LogP contribution in [0.25, 0.3) is 11.1 Å². The fourth-order valence-electron chi connectivity index (χ4n) is 5.11. The van der Waals surface area contributed by atoms with Gasteiger partial charge in [-0.25, -0.2) is 0 Å². The lowest BCUT2D eigenvalue weighted by atomic mass is 9.89. The minimum absolute atomic E-state index is 0.00503. The van der Waals surface area contributed by atoms with Gasteiger partial charge in [-0.1, -0.05) is 62.4 Å². The number of carbonyl (C=O) groups is 1. The van der Waals surface area contributed by atoms with E-state index < -0.39 is 5.97 Å². The van der Waals surface area contributed by atoms with Crippen LogP contribution in [0.5, 0.6) is 11.5 Å². The Labute approximate surface area is 188 Å². The van der Waals surface area contributed by atoms with Gasteiger partial charge in [-0.05, 0) is 52.6 Å². The number of carboxylic acid groups (broad SMARTS) is 1. The smallest absolute Gasteiger partial charge is 0.304 e. The molecule has 3 aromatic carbocycles. The molecular weight excluding hydrogens is 400 g/mol. The molecule has 5 rings (SSSR count). The first-order valence-corrected chi connectivity index (χ1v) is 11.4. The zero-order chi connectivity index (χ0) is 22.2. The van der Waals surface area contributed by atoms with E-state index in [9.17, 15) is 4.79 Å². The third kappa shape index (κ3) is 3.75. The maximum atomic E-state index is 11.1. The number of aliphatic carboxylic acids is 1. The topological polar surface area (TPSA) is 55.8 Å². The first-order chi connectivity index (χ1) is 15.5. The Morgan fingerprint density at radius 3 is 2.69 bits per heavy atom. The predicted molar refractivity (Wildman–Crippen MR) is 125 cm³/mol.